The number of aromatic nitrogens is 2. The molecule has 1 aromatic carbocycles. The monoisotopic (exact) mass is 245 g/mol. The van der Waals surface area contributed by atoms with Crippen molar-refractivity contribution in [1.82, 2.24) is 10.1 Å². The van der Waals surface area contributed by atoms with Crippen molar-refractivity contribution in [2.24, 2.45) is 0 Å². The van der Waals surface area contributed by atoms with E-state index in [1.54, 1.807) is 0 Å². The lowest BCUT2D eigenvalue weighted by Gasteiger charge is -2.16. The topological polar surface area (TPSA) is 74.2 Å². The van der Waals surface area contributed by atoms with Crippen LogP contribution in [0.5, 0.6) is 0 Å². The molecule has 94 valence electrons. The summed E-state index contributed by atoms with van der Waals surface area (Å²) in [4.78, 5) is 4.42. The van der Waals surface area contributed by atoms with E-state index in [2.05, 4.69) is 10.1 Å². The van der Waals surface area contributed by atoms with Gasteiger partial charge in [0.1, 0.15) is 5.60 Å². The third-order valence-corrected chi connectivity index (χ3v) is 3.27. The standard InChI is InChI=1S/C13H15N3O2/c1-13(7-2-8-17-13)12-15-11(16-18-12)9-3-5-10(14)6-4-9/h3-6H,2,7-8,14H2,1H3. The number of nitrogens with two attached hydrogens (primary N) is 1. The molecule has 0 radical (unpaired) electrons. The van der Waals surface area contributed by atoms with Gasteiger partial charge in [-0.25, -0.2) is 0 Å². The normalized spacial score (nSPS) is 23.4. The van der Waals surface area contributed by atoms with Gasteiger partial charge in [0.2, 0.25) is 5.82 Å². The molecule has 2 N–H and O–H groups in total. The molecule has 0 spiro atoms. The first-order valence-electron chi connectivity index (χ1n) is 6.01. The number of rotatable bonds is 2. The molecule has 0 bridgehead atoms. The average Bonchev–Trinajstić information content (AvgIpc) is 2.99. The molecule has 2 heterocycles. The highest BCUT2D eigenvalue weighted by atomic mass is 16.5. The van der Waals surface area contributed by atoms with Crippen LogP contribution in [0.3, 0.4) is 0 Å². The van der Waals surface area contributed by atoms with E-state index in [4.69, 9.17) is 15.0 Å². The molecule has 1 fully saturated rings. The average molecular weight is 245 g/mol. The van der Waals surface area contributed by atoms with E-state index >= 15 is 0 Å². The number of ether oxygens (including phenoxy) is 1. The van der Waals surface area contributed by atoms with E-state index in [-0.39, 0.29) is 0 Å². The number of anilines is 1. The molecule has 5 nitrogen and oxygen atoms in total. The minimum Gasteiger partial charge on any atom is -0.399 e. The molecule has 1 aliphatic rings. The Bertz CT molecular complexity index is 542. The molecule has 1 atom stereocenters. The van der Waals surface area contributed by atoms with Crippen LogP contribution >= 0.6 is 0 Å². The molecule has 2 aromatic rings. The molecule has 0 amide bonds. The number of hydrogen-bond acceptors (Lipinski definition) is 5. The van der Waals surface area contributed by atoms with Crippen LogP contribution in [0.25, 0.3) is 11.4 Å². The third kappa shape index (κ3) is 1.86. The lowest BCUT2D eigenvalue weighted by Crippen LogP contribution is -2.20. The molecule has 1 unspecified atom stereocenters. The summed E-state index contributed by atoms with van der Waals surface area (Å²) in [5.41, 5.74) is 6.82. The zero-order chi connectivity index (χ0) is 12.6. The summed E-state index contributed by atoms with van der Waals surface area (Å²) in [5.74, 6) is 1.12. The van der Waals surface area contributed by atoms with Crippen molar-refractivity contribution in [2.45, 2.75) is 25.4 Å². The number of benzene rings is 1. The van der Waals surface area contributed by atoms with E-state index in [1.165, 1.54) is 0 Å². The largest absolute Gasteiger partial charge is 0.399 e. The Balaban J connectivity index is 1.91. The lowest BCUT2D eigenvalue weighted by molar-refractivity contribution is -0.00937. The van der Waals surface area contributed by atoms with Crippen LogP contribution in [0.15, 0.2) is 28.8 Å². The Labute approximate surface area is 105 Å². The Morgan fingerprint density at radius 2 is 2.06 bits per heavy atom. The van der Waals surface area contributed by atoms with Crippen molar-refractivity contribution in [3.8, 4) is 11.4 Å². The molecule has 5 heteroatoms. The van der Waals surface area contributed by atoms with Gasteiger partial charge in [-0.2, -0.15) is 4.98 Å². The summed E-state index contributed by atoms with van der Waals surface area (Å²) >= 11 is 0. The fourth-order valence-corrected chi connectivity index (χ4v) is 2.14. The van der Waals surface area contributed by atoms with Crippen LogP contribution in [0, 0.1) is 0 Å². The molecule has 1 aromatic heterocycles. The zero-order valence-corrected chi connectivity index (χ0v) is 10.2. The molecule has 3 rings (SSSR count). The van der Waals surface area contributed by atoms with Crippen molar-refractivity contribution in [3.05, 3.63) is 30.2 Å². The summed E-state index contributed by atoms with van der Waals surface area (Å²) < 4.78 is 11.0. The van der Waals surface area contributed by atoms with Gasteiger partial charge >= 0.3 is 0 Å². The number of nitrogens with zero attached hydrogens (tertiary/aromatic N) is 2. The summed E-state index contributed by atoms with van der Waals surface area (Å²) in [5, 5.41) is 4.00. The third-order valence-electron chi connectivity index (χ3n) is 3.27. The van der Waals surface area contributed by atoms with Crippen molar-refractivity contribution in [2.75, 3.05) is 12.3 Å². The van der Waals surface area contributed by atoms with E-state index in [0.717, 1.165) is 25.0 Å². The predicted octanol–water partition coefficient (Wildman–Crippen LogP) is 2.34. The van der Waals surface area contributed by atoms with Gasteiger partial charge in [0.15, 0.2) is 0 Å². The summed E-state index contributed by atoms with van der Waals surface area (Å²) in [6.07, 6.45) is 1.94. The first-order valence-corrected chi connectivity index (χ1v) is 6.01. The first-order chi connectivity index (χ1) is 8.67. The van der Waals surface area contributed by atoms with Gasteiger partial charge in [-0.15, -0.1) is 0 Å². The fourth-order valence-electron chi connectivity index (χ4n) is 2.14. The first kappa shape index (κ1) is 11.2. The minimum atomic E-state index is -0.431. The predicted molar refractivity (Wildman–Crippen MR) is 66.7 cm³/mol. The Hall–Kier alpha value is -1.88. The summed E-state index contributed by atoms with van der Waals surface area (Å²) in [7, 11) is 0. The van der Waals surface area contributed by atoms with Crippen molar-refractivity contribution >= 4 is 5.69 Å². The van der Waals surface area contributed by atoms with Crippen molar-refractivity contribution < 1.29 is 9.26 Å². The van der Waals surface area contributed by atoms with Gasteiger partial charge in [0.05, 0.1) is 0 Å². The van der Waals surface area contributed by atoms with E-state index < -0.39 is 5.60 Å². The molecule has 1 aliphatic heterocycles. The molecule has 0 aliphatic carbocycles. The Morgan fingerprint density at radius 3 is 2.72 bits per heavy atom. The quantitative estimate of drug-likeness (QED) is 0.822. The zero-order valence-electron chi connectivity index (χ0n) is 10.2. The Kier molecular flexibility index (Phi) is 2.56. The maximum atomic E-state index is 5.68. The molecule has 18 heavy (non-hydrogen) atoms. The highest BCUT2D eigenvalue weighted by molar-refractivity contribution is 5.58. The summed E-state index contributed by atoms with van der Waals surface area (Å²) in [6.45, 7) is 2.73. The van der Waals surface area contributed by atoms with Crippen LogP contribution in [0.1, 0.15) is 25.7 Å². The van der Waals surface area contributed by atoms with Crippen LogP contribution in [0.4, 0.5) is 5.69 Å². The minimum absolute atomic E-state index is 0.431. The van der Waals surface area contributed by atoms with Crippen LogP contribution < -0.4 is 5.73 Å². The maximum Gasteiger partial charge on any atom is 0.258 e. The van der Waals surface area contributed by atoms with E-state index in [9.17, 15) is 0 Å². The number of hydrogen-bond donors (Lipinski definition) is 1. The maximum absolute atomic E-state index is 5.68. The van der Waals surface area contributed by atoms with Gasteiger partial charge in [0, 0.05) is 17.9 Å². The summed E-state index contributed by atoms with van der Waals surface area (Å²) in [6, 6.07) is 7.39. The second-order valence-corrected chi connectivity index (χ2v) is 4.73. The van der Waals surface area contributed by atoms with Crippen LogP contribution in [-0.2, 0) is 10.3 Å². The van der Waals surface area contributed by atoms with Crippen molar-refractivity contribution in [3.63, 3.8) is 0 Å². The van der Waals surface area contributed by atoms with E-state index in [0.29, 0.717) is 17.4 Å². The van der Waals surface area contributed by atoms with Crippen LogP contribution in [0.2, 0.25) is 0 Å². The molecule has 0 saturated carbocycles. The molecular weight excluding hydrogens is 230 g/mol. The second-order valence-electron chi connectivity index (χ2n) is 4.73. The van der Waals surface area contributed by atoms with E-state index in [1.807, 2.05) is 31.2 Å². The van der Waals surface area contributed by atoms with Crippen molar-refractivity contribution in [1.29, 1.82) is 0 Å². The van der Waals surface area contributed by atoms with Crippen LogP contribution in [-0.4, -0.2) is 16.7 Å². The SMILES string of the molecule is CC1(c2nc(-c3ccc(N)cc3)no2)CCCO1. The number of nitrogen functional groups attached to an aromatic ring is 1. The smallest absolute Gasteiger partial charge is 0.258 e. The lowest BCUT2D eigenvalue weighted by atomic mass is 10.0. The highest BCUT2D eigenvalue weighted by Crippen LogP contribution is 2.35. The second kappa shape index (κ2) is 4.10. The van der Waals surface area contributed by atoms with Gasteiger partial charge in [-0.05, 0) is 44.0 Å². The highest BCUT2D eigenvalue weighted by Gasteiger charge is 2.37. The van der Waals surface area contributed by atoms with Gasteiger partial charge in [-0.1, -0.05) is 5.16 Å². The van der Waals surface area contributed by atoms with Gasteiger partial charge in [0.25, 0.3) is 5.89 Å². The van der Waals surface area contributed by atoms with Gasteiger partial charge in [-0.3, -0.25) is 0 Å². The molecular formula is C13H15N3O2. The Morgan fingerprint density at radius 1 is 1.28 bits per heavy atom. The fraction of sp³-hybridized carbons (Fsp3) is 0.385. The van der Waals surface area contributed by atoms with Gasteiger partial charge < -0.3 is 15.0 Å². The molecule has 1 saturated heterocycles.